The molecule has 0 aromatic heterocycles. The lowest BCUT2D eigenvalue weighted by Gasteiger charge is -2.11. The summed E-state index contributed by atoms with van der Waals surface area (Å²) in [6.07, 6.45) is 4.63. The Hall–Kier alpha value is -1.20. The fourth-order valence-electron chi connectivity index (χ4n) is 2.00. The summed E-state index contributed by atoms with van der Waals surface area (Å²) in [6, 6.07) is 3.14. The molecule has 1 N–H and O–H groups in total. The molecule has 0 atom stereocenters. The second kappa shape index (κ2) is 6.06. The molecule has 0 heterocycles. The van der Waals surface area contributed by atoms with Crippen molar-refractivity contribution in [1.82, 2.24) is 5.32 Å². The van der Waals surface area contributed by atoms with E-state index >= 15 is 0 Å². The monoisotopic (exact) mass is 283 g/mol. The lowest BCUT2D eigenvalue weighted by molar-refractivity contribution is 0.00571. The number of ether oxygens (including phenoxy) is 2. The fourth-order valence-corrected chi connectivity index (χ4v) is 2.00. The Kier molecular flexibility index (Phi) is 4.17. The number of hydrogen-bond acceptors (Lipinski definition) is 3. The van der Waals surface area contributed by atoms with Gasteiger partial charge < -0.3 is 14.8 Å². The molecule has 2 saturated carbocycles. The van der Waals surface area contributed by atoms with Crippen molar-refractivity contribution in [2.45, 2.75) is 38.3 Å². The maximum Gasteiger partial charge on any atom is 0.193 e. The van der Waals surface area contributed by atoms with E-state index in [0.717, 1.165) is 12.8 Å². The molecule has 110 valence electrons. The van der Waals surface area contributed by atoms with Crippen molar-refractivity contribution in [3.05, 3.63) is 29.3 Å². The van der Waals surface area contributed by atoms with Gasteiger partial charge >= 0.3 is 0 Å². The van der Waals surface area contributed by atoms with E-state index in [0.29, 0.717) is 30.7 Å². The molecule has 0 spiro atoms. The number of nitrogens with one attached hydrogen (secondary N) is 1. The van der Waals surface area contributed by atoms with E-state index in [-0.39, 0.29) is 12.5 Å². The van der Waals surface area contributed by atoms with Crippen LogP contribution in [-0.2, 0) is 11.3 Å². The lowest BCUT2D eigenvalue weighted by Crippen LogP contribution is -2.16. The number of hydrogen-bond donors (Lipinski definition) is 1. The Balaban J connectivity index is 1.52. The van der Waals surface area contributed by atoms with Gasteiger partial charge in [0.1, 0.15) is 0 Å². The molecule has 1 aromatic carbocycles. The predicted octanol–water partition coefficient (Wildman–Crippen LogP) is 2.98. The second-order valence-electron chi connectivity index (χ2n) is 5.62. The molecule has 0 bridgehead atoms. The number of rotatable bonds is 8. The Morgan fingerprint density at radius 2 is 1.80 bits per heavy atom. The maximum atomic E-state index is 13.8. The van der Waals surface area contributed by atoms with E-state index < -0.39 is 11.6 Å². The van der Waals surface area contributed by atoms with Crippen LogP contribution in [0.15, 0.2) is 12.1 Å². The Labute approximate surface area is 117 Å². The first kappa shape index (κ1) is 13.8. The van der Waals surface area contributed by atoms with Crippen LogP contribution in [0.5, 0.6) is 5.75 Å². The van der Waals surface area contributed by atoms with Gasteiger partial charge in [-0.3, -0.25) is 0 Å². The molecule has 0 unspecified atom stereocenters. The van der Waals surface area contributed by atoms with E-state index in [4.69, 9.17) is 9.47 Å². The van der Waals surface area contributed by atoms with E-state index in [9.17, 15) is 8.78 Å². The highest BCUT2D eigenvalue weighted by Gasteiger charge is 2.22. The topological polar surface area (TPSA) is 30.5 Å². The van der Waals surface area contributed by atoms with Crippen LogP contribution >= 0.6 is 0 Å². The van der Waals surface area contributed by atoms with Crippen molar-refractivity contribution >= 4 is 0 Å². The van der Waals surface area contributed by atoms with Gasteiger partial charge in [0.05, 0.1) is 6.61 Å². The molecule has 0 saturated heterocycles. The highest BCUT2D eigenvalue weighted by atomic mass is 19.1. The largest absolute Gasteiger partial charge is 0.461 e. The molecule has 2 aliphatic rings. The summed E-state index contributed by atoms with van der Waals surface area (Å²) in [5, 5.41) is 3.22. The smallest absolute Gasteiger partial charge is 0.193 e. The van der Waals surface area contributed by atoms with Gasteiger partial charge in [0, 0.05) is 12.6 Å². The van der Waals surface area contributed by atoms with Crippen LogP contribution in [0.2, 0.25) is 0 Å². The van der Waals surface area contributed by atoms with Crippen LogP contribution in [0.3, 0.4) is 0 Å². The van der Waals surface area contributed by atoms with Crippen molar-refractivity contribution in [1.29, 1.82) is 0 Å². The first-order chi connectivity index (χ1) is 9.72. The fraction of sp³-hybridized carbons (Fsp3) is 0.600. The summed E-state index contributed by atoms with van der Waals surface area (Å²) < 4.78 is 37.9. The van der Waals surface area contributed by atoms with Crippen LogP contribution in [-0.4, -0.2) is 19.4 Å². The molecule has 0 aliphatic heterocycles. The summed E-state index contributed by atoms with van der Waals surface area (Å²) in [5.41, 5.74) is 0.596. The number of benzene rings is 1. The summed E-state index contributed by atoms with van der Waals surface area (Å²) >= 11 is 0. The molecule has 3 rings (SSSR count). The van der Waals surface area contributed by atoms with Crippen LogP contribution in [0.25, 0.3) is 0 Å². The molecule has 20 heavy (non-hydrogen) atoms. The minimum atomic E-state index is -0.674. The highest BCUT2D eigenvalue weighted by Crippen LogP contribution is 2.29. The van der Waals surface area contributed by atoms with Gasteiger partial charge in [-0.2, -0.15) is 0 Å². The zero-order chi connectivity index (χ0) is 13.9. The molecule has 1 aromatic rings. The van der Waals surface area contributed by atoms with E-state index in [2.05, 4.69) is 5.32 Å². The Morgan fingerprint density at radius 1 is 1.10 bits per heavy atom. The molecule has 2 aliphatic carbocycles. The van der Waals surface area contributed by atoms with Gasteiger partial charge in [-0.05, 0) is 49.3 Å². The van der Waals surface area contributed by atoms with E-state index in [1.54, 1.807) is 0 Å². The first-order valence-corrected chi connectivity index (χ1v) is 7.14. The van der Waals surface area contributed by atoms with Crippen molar-refractivity contribution < 1.29 is 18.3 Å². The molecule has 3 nitrogen and oxygen atoms in total. The van der Waals surface area contributed by atoms with Crippen LogP contribution < -0.4 is 10.1 Å². The van der Waals surface area contributed by atoms with Gasteiger partial charge in [0.25, 0.3) is 0 Å². The van der Waals surface area contributed by atoms with Gasteiger partial charge in [0.2, 0.25) is 0 Å². The lowest BCUT2D eigenvalue weighted by atomic mass is 10.2. The summed E-state index contributed by atoms with van der Waals surface area (Å²) in [5.74, 6) is -1.10. The third kappa shape index (κ3) is 3.90. The van der Waals surface area contributed by atoms with E-state index in [1.807, 2.05) is 0 Å². The SMILES string of the molecule is Fc1cc(CNC2CC2)cc(F)c1OCOCC1CC1. The summed E-state index contributed by atoms with van der Waals surface area (Å²) in [6.45, 7) is 0.980. The minimum Gasteiger partial charge on any atom is -0.461 e. The zero-order valence-electron chi connectivity index (χ0n) is 11.3. The highest BCUT2D eigenvalue weighted by molar-refractivity contribution is 5.31. The first-order valence-electron chi connectivity index (χ1n) is 7.14. The van der Waals surface area contributed by atoms with Gasteiger partial charge in [-0.25, -0.2) is 8.78 Å². The Morgan fingerprint density at radius 3 is 2.40 bits per heavy atom. The molecule has 2 fully saturated rings. The molecule has 0 amide bonds. The third-order valence-corrected chi connectivity index (χ3v) is 3.57. The molecular formula is C15H19F2NO2. The maximum absolute atomic E-state index is 13.8. The standard InChI is InChI=1S/C15H19F2NO2/c16-13-5-11(7-18-12-3-4-12)6-14(17)15(13)20-9-19-8-10-1-2-10/h5-6,10,12,18H,1-4,7-9H2. The molecule has 0 radical (unpaired) electrons. The zero-order valence-corrected chi connectivity index (χ0v) is 11.3. The van der Waals surface area contributed by atoms with Crippen LogP contribution in [0.4, 0.5) is 8.78 Å². The van der Waals surface area contributed by atoms with Crippen molar-refractivity contribution in [3.8, 4) is 5.75 Å². The third-order valence-electron chi connectivity index (χ3n) is 3.57. The minimum absolute atomic E-state index is 0.107. The van der Waals surface area contributed by atoms with Gasteiger partial charge in [0.15, 0.2) is 24.2 Å². The summed E-state index contributed by atoms with van der Waals surface area (Å²) in [4.78, 5) is 0. The average molecular weight is 283 g/mol. The average Bonchev–Trinajstić information content (AvgIpc) is 3.28. The molecular weight excluding hydrogens is 264 g/mol. The number of halogens is 2. The Bertz CT molecular complexity index is 450. The van der Waals surface area contributed by atoms with Gasteiger partial charge in [-0.1, -0.05) is 0 Å². The quantitative estimate of drug-likeness (QED) is 0.587. The van der Waals surface area contributed by atoms with Crippen LogP contribution in [0, 0.1) is 17.6 Å². The summed E-state index contributed by atoms with van der Waals surface area (Å²) in [7, 11) is 0. The molecule has 5 heteroatoms. The normalized spacial score (nSPS) is 18.3. The van der Waals surface area contributed by atoms with Crippen LogP contribution in [0.1, 0.15) is 31.2 Å². The van der Waals surface area contributed by atoms with Crippen molar-refractivity contribution in [3.63, 3.8) is 0 Å². The van der Waals surface area contributed by atoms with Crippen molar-refractivity contribution in [2.24, 2.45) is 5.92 Å². The van der Waals surface area contributed by atoms with Gasteiger partial charge in [-0.15, -0.1) is 0 Å². The predicted molar refractivity (Wildman–Crippen MR) is 70.4 cm³/mol. The van der Waals surface area contributed by atoms with Crippen molar-refractivity contribution in [2.75, 3.05) is 13.4 Å². The second-order valence-corrected chi connectivity index (χ2v) is 5.62. The van der Waals surface area contributed by atoms with E-state index in [1.165, 1.54) is 25.0 Å².